The molecule has 0 aliphatic heterocycles. The van der Waals surface area contributed by atoms with Gasteiger partial charge in [0.1, 0.15) is 0 Å². The number of nitrogen functional groups attached to an aromatic ring is 1. The number of aryl methyl sites for hydroxylation is 1. The van der Waals surface area contributed by atoms with Gasteiger partial charge in [0.05, 0.1) is 11.9 Å². The largest absolute Gasteiger partial charge is 0.397 e. The molecule has 17 heavy (non-hydrogen) atoms. The summed E-state index contributed by atoms with van der Waals surface area (Å²) >= 11 is 1.26. The fraction of sp³-hybridized carbons (Fsp3) is 0.182. The topological polar surface area (TPSA) is 73.8 Å². The quantitative estimate of drug-likeness (QED) is 0.888. The number of hydrogen-bond donors (Lipinski definition) is 1. The number of nitrogens with zero attached hydrogens (tertiary/aromatic N) is 3. The van der Waals surface area contributed by atoms with E-state index in [9.17, 15) is 4.79 Å². The van der Waals surface area contributed by atoms with Crippen molar-refractivity contribution in [1.29, 1.82) is 0 Å². The van der Waals surface area contributed by atoms with E-state index >= 15 is 0 Å². The summed E-state index contributed by atoms with van der Waals surface area (Å²) in [6.07, 6.45) is 6.48. The van der Waals surface area contributed by atoms with E-state index in [4.69, 9.17) is 5.73 Å². The summed E-state index contributed by atoms with van der Waals surface area (Å²) < 4.78 is 1.60. The van der Waals surface area contributed by atoms with Crippen molar-refractivity contribution in [2.45, 2.75) is 23.4 Å². The van der Waals surface area contributed by atoms with Gasteiger partial charge in [0.2, 0.25) is 0 Å². The van der Waals surface area contributed by atoms with Crippen LogP contribution < -0.4 is 11.3 Å². The molecule has 2 aromatic rings. The van der Waals surface area contributed by atoms with Crippen molar-refractivity contribution in [2.75, 3.05) is 5.73 Å². The molecule has 2 rings (SSSR count). The van der Waals surface area contributed by atoms with Crippen LogP contribution in [0.3, 0.4) is 0 Å². The van der Waals surface area contributed by atoms with E-state index in [1.165, 1.54) is 11.8 Å². The van der Waals surface area contributed by atoms with Crippen molar-refractivity contribution >= 4 is 17.4 Å². The summed E-state index contributed by atoms with van der Waals surface area (Å²) in [5.41, 5.74) is 6.22. The molecule has 0 saturated carbocycles. The normalized spacial score (nSPS) is 10.4. The summed E-state index contributed by atoms with van der Waals surface area (Å²) in [6.45, 7) is 2.54. The Bertz CT molecular complexity index is 582. The fourth-order valence-electron chi connectivity index (χ4n) is 1.34. The van der Waals surface area contributed by atoms with E-state index in [1.54, 1.807) is 35.4 Å². The summed E-state index contributed by atoms with van der Waals surface area (Å²) in [4.78, 5) is 20.7. The first-order valence-corrected chi connectivity index (χ1v) is 5.96. The Hall–Kier alpha value is -1.82. The Labute approximate surface area is 103 Å². The zero-order valence-electron chi connectivity index (χ0n) is 9.33. The Morgan fingerprint density at radius 1 is 1.47 bits per heavy atom. The molecule has 0 aliphatic rings. The minimum atomic E-state index is -0.101. The highest BCUT2D eigenvalue weighted by atomic mass is 32.2. The second-order valence-electron chi connectivity index (χ2n) is 3.34. The van der Waals surface area contributed by atoms with Crippen LogP contribution in [0.2, 0.25) is 0 Å². The van der Waals surface area contributed by atoms with E-state index in [0.717, 1.165) is 4.90 Å². The van der Waals surface area contributed by atoms with E-state index in [0.29, 0.717) is 17.3 Å². The molecule has 6 heteroatoms. The molecule has 0 saturated heterocycles. The van der Waals surface area contributed by atoms with Crippen molar-refractivity contribution in [2.24, 2.45) is 0 Å². The van der Waals surface area contributed by atoms with Gasteiger partial charge < -0.3 is 10.3 Å². The minimum absolute atomic E-state index is 0.101. The maximum Gasteiger partial charge on any atom is 0.283 e. The molecule has 2 N–H and O–H groups in total. The van der Waals surface area contributed by atoms with Crippen LogP contribution in [0.15, 0.2) is 45.6 Å². The smallest absolute Gasteiger partial charge is 0.283 e. The van der Waals surface area contributed by atoms with Crippen molar-refractivity contribution < 1.29 is 0 Å². The number of hydrogen-bond acceptors (Lipinski definition) is 5. The van der Waals surface area contributed by atoms with Gasteiger partial charge in [-0.3, -0.25) is 9.78 Å². The summed E-state index contributed by atoms with van der Waals surface area (Å²) in [5.74, 6) is 0. The summed E-state index contributed by atoms with van der Waals surface area (Å²) in [7, 11) is 0. The number of anilines is 1. The molecule has 0 bridgehead atoms. The van der Waals surface area contributed by atoms with Crippen molar-refractivity contribution in [1.82, 2.24) is 14.5 Å². The number of rotatable bonds is 3. The molecule has 2 aromatic heterocycles. The molecule has 2 heterocycles. The van der Waals surface area contributed by atoms with Crippen LogP contribution in [0.4, 0.5) is 5.69 Å². The summed E-state index contributed by atoms with van der Waals surface area (Å²) in [6, 6.07) is 1.77. The Balaban J connectivity index is 2.37. The van der Waals surface area contributed by atoms with E-state index in [2.05, 4.69) is 9.97 Å². The van der Waals surface area contributed by atoms with Crippen LogP contribution in [-0.2, 0) is 6.54 Å². The van der Waals surface area contributed by atoms with Crippen LogP contribution in [0.1, 0.15) is 6.92 Å². The number of nitrogens with two attached hydrogens (primary N) is 1. The lowest BCUT2D eigenvalue weighted by molar-refractivity contribution is 0.692. The average molecular weight is 248 g/mol. The molecule has 0 radical (unpaired) electrons. The first-order valence-electron chi connectivity index (χ1n) is 5.15. The first-order chi connectivity index (χ1) is 8.22. The molecule has 0 spiro atoms. The molecule has 5 nitrogen and oxygen atoms in total. The molecular weight excluding hydrogens is 236 g/mol. The van der Waals surface area contributed by atoms with Crippen LogP contribution in [0.25, 0.3) is 0 Å². The molecule has 0 atom stereocenters. The highest BCUT2D eigenvalue weighted by Crippen LogP contribution is 2.27. The van der Waals surface area contributed by atoms with Gasteiger partial charge in [0.25, 0.3) is 5.56 Å². The zero-order valence-corrected chi connectivity index (χ0v) is 10.1. The molecule has 0 aromatic carbocycles. The van der Waals surface area contributed by atoms with Gasteiger partial charge in [-0.25, -0.2) is 4.98 Å². The lowest BCUT2D eigenvalue weighted by Crippen LogP contribution is -2.20. The lowest BCUT2D eigenvalue weighted by atomic mass is 10.4. The van der Waals surface area contributed by atoms with Gasteiger partial charge in [-0.2, -0.15) is 0 Å². The Morgan fingerprint density at radius 2 is 2.29 bits per heavy atom. The van der Waals surface area contributed by atoms with Crippen molar-refractivity contribution in [3.63, 3.8) is 0 Å². The third-order valence-corrected chi connectivity index (χ3v) is 3.30. The molecule has 0 unspecified atom stereocenters. The van der Waals surface area contributed by atoms with Crippen LogP contribution in [-0.4, -0.2) is 14.5 Å². The predicted molar refractivity (Wildman–Crippen MR) is 66.9 cm³/mol. The second kappa shape index (κ2) is 5.01. The first kappa shape index (κ1) is 11.7. The SMILES string of the molecule is CCn1ccnc(Sc2ccncc2N)c1=O. The van der Waals surface area contributed by atoms with Gasteiger partial charge in [-0.15, -0.1) is 0 Å². The van der Waals surface area contributed by atoms with Crippen molar-refractivity contribution in [3.8, 4) is 0 Å². The van der Waals surface area contributed by atoms with Crippen LogP contribution in [0, 0.1) is 0 Å². The van der Waals surface area contributed by atoms with E-state index in [-0.39, 0.29) is 5.56 Å². The Kier molecular flexibility index (Phi) is 3.43. The third-order valence-electron chi connectivity index (χ3n) is 2.24. The number of aromatic nitrogens is 3. The molecule has 0 amide bonds. The van der Waals surface area contributed by atoms with E-state index < -0.39 is 0 Å². The monoisotopic (exact) mass is 248 g/mol. The standard InChI is InChI=1S/C11H12N4OS/c1-2-15-6-5-14-10(11(15)16)17-9-3-4-13-7-8(9)12/h3-7H,2,12H2,1H3. The molecule has 0 fully saturated rings. The number of pyridine rings is 1. The molecule has 88 valence electrons. The van der Waals surface area contributed by atoms with Gasteiger partial charge in [0, 0.05) is 30.0 Å². The van der Waals surface area contributed by atoms with Crippen LogP contribution in [0.5, 0.6) is 0 Å². The Morgan fingerprint density at radius 3 is 3.00 bits per heavy atom. The molecule has 0 aliphatic carbocycles. The van der Waals surface area contributed by atoms with Gasteiger partial charge >= 0.3 is 0 Å². The van der Waals surface area contributed by atoms with Gasteiger partial charge in [-0.05, 0) is 13.0 Å². The lowest BCUT2D eigenvalue weighted by Gasteiger charge is -2.05. The van der Waals surface area contributed by atoms with Gasteiger partial charge in [-0.1, -0.05) is 11.8 Å². The zero-order chi connectivity index (χ0) is 12.3. The molecular formula is C11H12N4OS. The predicted octanol–water partition coefficient (Wildman–Crippen LogP) is 1.39. The summed E-state index contributed by atoms with van der Waals surface area (Å²) in [5, 5.41) is 0.423. The maximum atomic E-state index is 11.9. The maximum absolute atomic E-state index is 11.9. The third kappa shape index (κ3) is 2.47. The van der Waals surface area contributed by atoms with E-state index in [1.807, 2.05) is 6.92 Å². The van der Waals surface area contributed by atoms with Gasteiger partial charge in [0.15, 0.2) is 5.03 Å². The average Bonchev–Trinajstić information content (AvgIpc) is 2.34. The fourth-order valence-corrected chi connectivity index (χ4v) is 2.16. The van der Waals surface area contributed by atoms with Crippen molar-refractivity contribution in [3.05, 3.63) is 41.2 Å². The van der Waals surface area contributed by atoms with Crippen LogP contribution >= 0.6 is 11.8 Å². The minimum Gasteiger partial charge on any atom is -0.397 e. The highest BCUT2D eigenvalue weighted by Gasteiger charge is 2.08. The highest BCUT2D eigenvalue weighted by molar-refractivity contribution is 7.99. The second-order valence-corrected chi connectivity index (χ2v) is 4.37.